The molecule has 1 aromatic carbocycles. The molecule has 2 aliphatic heterocycles. The van der Waals surface area contributed by atoms with Gasteiger partial charge in [0.15, 0.2) is 23.0 Å². The van der Waals surface area contributed by atoms with Crippen LogP contribution in [0.1, 0.15) is 33.3 Å². The van der Waals surface area contributed by atoms with Crippen molar-refractivity contribution >= 4 is 11.9 Å². The van der Waals surface area contributed by atoms with E-state index in [1.165, 1.54) is 0 Å². The van der Waals surface area contributed by atoms with E-state index in [9.17, 15) is 4.79 Å². The second-order valence-electron chi connectivity index (χ2n) is 6.43. The van der Waals surface area contributed by atoms with Gasteiger partial charge in [-0.15, -0.1) is 0 Å². The van der Waals surface area contributed by atoms with Crippen molar-refractivity contribution in [2.45, 2.75) is 38.8 Å². The molecule has 1 amide bonds. The number of rotatable bonds is 1. The van der Waals surface area contributed by atoms with Gasteiger partial charge in [0, 0.05) is 5.54 Å². The Morgan fingerprint density at radius 2 is 2.00 bits per heavy atom. The second kappa shape index (κ2) is 4.38. The maximum Gasteiger partial charge on any atom is 0.259 e. The van der Waals surface area contributed by atoms with E-state index in [0.717, 1.165) is 5.56 Å². The van der Waals surface area contributed by atoms with Gasteiger partial charge in [-0.2, -0.15) is 0 Å². The molecule has 0 aromatic heterocycles. The van der Waals surface area contributed by atoms with E-state index in [0.29, 0.717) is 17.5 Å². The van der Waals surface area contributed by atoms with Crippen LogP contribution < -0.4 is 20.1 Å². The number of nitrogens with one attached hydrogen (secondary N) is 2. The van der Waals surface area contributed by atoms with Gasteiger partial charge in [-0.3, -0.25) is 10.1 Å². The molecule has 6 nitrogen and oxygen atoms in total. The smallest absolute Gasteiger partial charge is 0.259 e. The Balaban J connectivity index is 1.94. The van der Waals surface area contributed by atoms with E-state index >= 15 is 0 Å². The van der Waals surface area contributed by atoms with E-state index in [1.807, 2.05) is 32.9 Å². The van der Waals surface area contributed by atoms with Gasteiger partial charge in [0.1, 0.15) is 0 Å². The molecule has 0 bridgehead atoms. The zero-order valence-electron chi connectivity index (χ0n) is 12.6. The summed E-state index contributed by atoms with van der Waals surface area (Å²) < 4.78 is 10.7. The number of nitrogens with zero attached hydrogens (tertiary/aromatic N) is 1. The Morgan fingerprint density at radius 3 is 2.71 bits per heavy atom. The third kappa shape index (κ3) is 2.41. The highest BCUT2D eigenvalue weighted by molar-refractivity contribution is 6.07. The minimum Gasteiger partial charge on any atom is -0.454 e. The highest BCUT2D eigenvalue weighted by Crippen LogP contribution is 2.38. The van der Waals surface area contributed by atoms with Crippen molar-refractivity contribution in [1.82, 2.24) is 10.6 Å². The summed E-state index contributed by atoms with van der Waals surface area (Å²) in [6.45, 7) is 8.03. The lowest BCUT2D eigenvalue weighted by molar-refractivity contribution is -0.123. The number of ether oxygens (including phenoxy) is 2. The Bertz CT molecular complexity index is 634. The molecular weight excluding hydrogens is 270 g/mol. The van der Waals surface area contributed by atoms with Crippen LogP contribution in [-0.2, 0) is 10.3 Å². The van der Waals surface area contributed by atoms with Crippen LogP contribution in [0.25, 0.3) is 0 Å². The largest absolute Gasteiger partial charge is 0.454 e. The van der Waals surface area contributed by atoms with Gasteiger partial charge >= 0.3 is 0 Å². The lowest BCUT2D eigenvalue weighted by atomic mass is 9.92. The first-order valence-electron chi connectivity index (χ1n) is 6.87. The average Bonchev–Trinajstić information content (AvgIpc) is 2.92. The number of carbonyl (C=O) groups excluding carboxylic acids is 1. The molecule has 0 aliphatic carbocycles. The van der Waals surface area contributed by atoms with Crippen molar-refractivity contribution in [3.05, 3.63) is 23.8 Å². The lowest BCUT2D eigenvalue weighted by Gasteiger charge is -2.21. The fourth-order valence-corrected chi connectivity index (χ4v) is 2.34. The predicted molar refractivity (Wildman–Crippen MR) is 78.4 cm³/mol. The summed E-state index contributed by atoms with van der Waals surface area (Å²) in [7, 11) is 0. The fraction of sp³-hybridized carbons (Fsp3) is 0.467. The maximum atomic E-state index is 12.4. The standard InChI is InChI=1S/C15H19N3O3/c1-14(2,3)17-13-16-12(19)15(4,18-13)9-5-6-10-11(7-9)21-8-20-10/h5-7H,8H2,1-4H3,(H2,16,17,18,19). The number of aliphatic imine (C=N–C) groups is 1. The summed E-state index contributed by atoms with van der Waals surface area (Å²) in [6, 6.07) is 5.46. The Hall–Kier alpha value is -2.24. The molecule has 2 aliphatic rings. The van der Waals surface area contributed by atoms with Crippen LogP contribution in [0.2, 0.25) is 0 Å². The molecule has 0 radical (unpaired) electrons. The van der Waals surface area contributed by atoms with Crippen molar-refractivity contribution in [2.24, 2.45) is 4.99 Å². The summed E-state index contributed by atoms with van der Waals surface area (Å²) in [5.74, 6) is 1.67. The number of guanidine groups is 1. The molecule has 0 saturated heterocycles. The third-order valence-electron chi connectivity index (χ3n) is 3.44. The predicted octanol–water partition coefficient (Wildman–Crippen LogP) is 1.50. The quantitative estimate of drug-likeness (QED) is 0.822. The molecule has 1 unspecified atom stereocenters. The zero-order valence-corrected chi connectivity index (χ0v) is 12.6. The Kier molecular flexibility index (Phi) is 2.86. The first-order valence-corrected chi connectivity index (χ1v) is 6.87. The van der Waals surface area contributed by atoms with Crippen LogP contribution in [0.5, 0.6) is 11.5 Å². The minimum atomic E-state index is -0.964. The fourth-order valence-electron chi connectivity index (χ4n) is 2.34. The molecule has 21 heavy (non-hydrogen) atoms. The van der Waals surface area contributed by atoms with Gasteiger partial charge in [0.25, 0.3) is 5.91 Å². The molecule has 2 heterocycles. The topological polar surface area (TPSA) is 72.0 Å². The van der Waals surface area contributed by atoms with E-state index < -0.39 is 5.54 Å². The normalized spacial score (nSPS) is 23.8. The van der Waals surface area contributed by atoms with Gasteiger partial charge in [-0.05, 0) is 45.4 Å². The van der Waals surface area contributed by atoms with Crippen LogP contribution in [0, 0.1) is 0 Å². The number of carbonyl (C=O) groups is 1. The summed E-state index contributed by atoms with van der Waals surface area (Å²) in [6.07, 6.45) is 0. The van der Waals surface area contributed by atoms with Crippen molar-refractivity contribution in [1.29, 1.82) is 0 Å². The Morgan fingerprint density at radius 1 is 1.29 bits per heavy atom. The third-order valence-corrected chi connectivity index (χ3v) is 3.44. The molecule has 1 atom stereocenters. The van der Waals surface area contributed by atoms with E-state index in [4.69, 9.17) is 9.47 Å². The van der Waals surface area contributed by atoms with Gasteiger partial charge in [-0.25, -0.2) is 4.99 Å². The molecule has 112 valence electrons. The highest BCUT2D eigenvalue weighted by atomic mass is 16.7. The van der Waals surface area contributed by atoms with Crippen LogP contribution in [0.4, 0.5) is 0 Å². The zero-order chi connectivity index (χ0) is 15.3. The maximum absolute atomic E-state index is 12.4. The van der Waals surface area contributed by atoms with Gasteiger partial charge in [0.05, 0.1) is 0 Å². The molecule has 6 heteroatoms. The monoisotopic (exact) mass is 289 g/mol. The van der Waals surface area contributed by atoms with Crippen LogP contribution in [-0.4, -0.2) is 24.2 Å². The Labute approximate surface area is 123 Å². The molecule has 0 saturated carbocycles. The average molecular weight is 289 g/mol. The summed E-state index contributed by atoms with van der Waals surface area (Å²) in [5, 5.41) is 5.98. The van der Waals surface area contributed by atoms with Crippen LogP contribution in [0.3, 0.4) is 0 Å². The molecule has 3 rings (SSSR count). The van der Waals surface area contributed by atoms with Crippen molar-refractivity contribution in [3.8, 4) is 11.5 Å². The van der Waals surface area contributed by atoms with Gasteiger partial charge in [-0.1, -0.05) is 6.07 Å². The van der Waals surface area contributed by atoms with Gasteiger partial charge in [0.2, 0.25) is 6.79 Å². The SMILES string of the molecule is CC(C)(C)NC1=NC(C)(c2ccc3c(c2)OCO3)C(=O)N1. The summed E-state index contributed by atoms with van der Waals surface area (Å²) >= 11 is 0. The number of fused-ring (bicyclic) bond motifs is 1. The van der Waals surface area contributed by atoms with Crippen molar-refractivity contribution in [3.63, 3.8) is 0 Å². The molecule has 0 fully saturated rings. The van der Waals surface area contributed by atoms with E-state index in [-0.39, 0.29) is 18.2 Å². The molecule has 2 N–H and O–H groups in total. The highest BCUT2D eigenvalue weighted by Gasteiger charge is 2.42. The van der Waals surface area contributed by atoms with Crippen LogP contribution >= 0.6 is 0 Å². The lowest BCUT2D eigenvalue weighted by Crippen LogP contribution is -2.47. The molecule has 1 aromatic rings. The summed E-state index contributed by atoms with van der Waals surface area (Å²) in [4.78, 5) is 16.9. The minimum absolute atomic E-state index is 0.159. The number of hydrogen-bond donors (Lipinski definition) is 2. The van der Waals surface area contributed by atoms with Crippen molar-refractivity contribution in [2.75, 3.05) is 6.79 Å². The van der Waals surface area contributed by atoms with Gasteiger partial charge < -0.3 is 14.8 Å². The number of amides is 1. The van der Waals surface area contributed by atoms with Crippen LogP contribution in [0.15, 0.2) is 23.2 Å². The second-order valence-corrected chi connectivity index (χ2v) is 6.43. The first-order chi connectivity index (χ1) is 9.78. The first kappa shape index (κ1) is 13.7. The number of hydrogen-bond acceptors (Lipinski definition) is 5. The van der Waals surface area contributed by atoms with E-state index in [1.54, 1.807) is 13.0 Å². The van der Waals surface area contributed by atoms with E-state index in [2.05, 4.69) is 15.6 Å². The summed E-state index contributed by atoms with van der Waals surface area (Å²) in [5.41, 5.74) is -0.365. The molecule has 0 spiro atoms. The molecular formula is C15H19N3O3. The number of benzene rings is 1. The van der Waals surface area contributed by atoms with Crippen molar-refractivity contribution < 1.29 is 14.3 Å².